The fourth-order valence-corrected chi connectivity index (χ4v) is 6.58. The third-order valence-electron chi connectivity index (χ3n) is 5.39. The van der Waals surface area contributed by atoms with E-state index in [9.17, 15) is 13.2 Å². The van der Waals surface area contributed by atoms with Gasteiger partial charge in [-0.1, -0.05) is 36.8 Å². The third-order valence-corrected chi connectivity index (χ3v) is 8.58. The highest BCUT2D eigenvalue weighted by Crippen LogP contribution is 2.32. The largest absolute Gasteiger partial charge is 0.467 e. The van der Waals surface area contributed by atoms with E-state index in [1.54, 1.807) is 36.6 Å². The number of hydrogen-bond donors (Lipinski definition) is 0. The van der Waals surface area contributed by atoms with Gasteiger partial charge in [0, 0.05) is 23.7 Å². The highest BCUT2D eigenvalue weighted by atomic mass is 35.5. The number of carbonyl (C=O) groups is 1. The molecule has 0 atom stereocenters. The molecule has 0 saturated carbocycles. The van der Waals surface area contributed by atoms with Crippen LogP contribution in [0.15, 0.2) is 70.2 Å². The van der Waals surface area contributed by atoms with E-state index in [1.165, 1.54) is 32.7 Å². The molecule has 0 unspecified atom stereocenters. The van der Waals surface area contributed by atoms with Crippen LogP contribution in [0, 0.1) is 0 Å². The van der Waals surface area contributed by atoms with Gasteiger partial charge in [0.2, 0.25) is 10.0 Å². The van der Waals surface area contributed by atoms with Crippen LogP contribution in [0.5, 0.6) is 0 Å². The molecule has 2 heterocycles. The zero-order chi connectivity index (χ0) is 25.0. The van der Waals surface area contributed by atoms with Gasteiger partial charge in [-0.25, -0.2) is 13.4 Å². The number of rotatable bonds is 10. The van der Waals surface area contributed by atoms with E-state index in [1.807, 2.05) is 26.0 Å². The van der Waals surface area contributed by atoms with Crippen molar-refractivity contribution in [2.24, 2.45) is 0 Å². The zero-order valence-electron chi connectivity index (χ0n) is 19.5. The lowest BCUT2D eigenvalue weighted by Gasteiger charge is -2.21. The summed E-state index contributed by atoms with van der Waals surface area (Å²) in [6, 6.07) is 15.0. The van der Waals surface area contributed by atoms with Crippen LogP contribution in [-0.4, -0.2) is 36.7 Å². The highest BCUT2D eigenvalue weighted by Gasteiger charge is 2.26. The fraction of sp³-hybridized carbons (Fsp3) is 0.280. The van der Waals surface area contributed by atoms with Crippen LogP contribution in [0.4, 0.5) is 5.13 Å². The van der Waals surface area contributed by atoms with Crippen LogP contribution in [-0.2, 0) is 16.6 Å². The summed E-state index contributed by atoms with van der Waals surface area (Å²) in [5, 5.41) is 1.09. The summed E-state index contributed by atoms with van der Waals surface area (Å²) in [5.41, 5.74) is 1.09. The molecule has 4 rings (SSSR count). The molecule has 35 heavy (non-hydrogen) atoms. The number of furan rings is 1. The molecule has 10 heteroatoms. The number of aromatic nitrogens is 1. The SMILES string of the molecule is CCCN(CCC)S(=O)(=O)c1ccc(C(=O)N(Cc2ccco2)c2nc3ccc(Cl)cc3s2)cc1. The minimum atomic E-state index is -3.63. The van der Waals surface area contributed by atoms with Gasteiger partial charge in [0.25, 0.3) is 5.91 Å². The molecular weight excluding hydrogens is 506 g/mol. The topological polar surface area (TPSA) is 83.7 Å². The molecule has 1 amide bonds. The van der Waals surface area contributed by atoms with Gasteiger partial charge in [0.05, 0.1) is 27.9 Å². The van der Waals surface area contributed by atoms with Gasteiger partial charge in [-0.2, -0.15) is 4.31 Å². The van der Waals surface area contributed by atoms with Gasteiger partial charge >= 0.3 is 0 Å². The normalized spacial score (nSPS) is 11.9. The second-order valence-electron chi connectivity index (χ2n) is 8.01. The first-order valence-electron chi connectivity index (χ1n) is 11.3. The van der Waals surface area contributed by atoms with E-state index in [4.69, 9.17) is 16.0 Å². The van der Waals surface area contributed by atoms with Crippen LogP contribution in [0.3, 0.4) is 0 Å². The molecule has 184 valence electrons. The van der Waals surface area contributed by atoms with Crippen LogP contribution in [0.25, 0.3) is 10.2 Å². The Labute approximate surface area is 214 Å². The molecule has 0 N–H and O–H groups in total. The first-order chi connectivity index (χ1) is 16.8. The smallest absolute Gasteiger partial charge is 0.260 e. The van der Waals surface area contributed by atoms with Gasteiger partial charge in [-0.3, -0.25) is 9.69 Å². The quantitative estimate of drug-likeness (QED) is 0.243. The Bertz CT molecular complexity index is 1390. The molecule has 0 aliphatic heterocycles. The van der Waals surface area contributed by atoms with E-state index in [2.05, 4.69) is 4.98 Å². The Balaban J connectivity index is 1.66. The Morgan fingerprint density at radius 1 is 1.06 bits per heavy atom. The van der Waals surface area contributed by atoms with Crippen molar-refractivity contribution >= 4 is 54.2 Å². The molecule has 0 bridgehead atoms. The average molecular weight is 532 g/mol. The standard InChI is InChI=1S/C25H26ClN3O4S2/c1-3-13-28(14-4-2)35(31,32)21-10-7-18(8-11-21)24(30)29(17-20-6-5-15-33-20)25-27-22-12-9-19(26)16-23(22)34-25/h5-12,15-16H,3-4,13-14,17H2,1-2H3. The van der Waals surface area contributed by atoms with Gasteiger partial charge in [0.1, 0.15) is 5.76 Å². The molecule has 2 aromatic heterocycles. The first kappa shape index (κ1) is 25.4. The van der Waals surface area contributed by atoms with E-state index in [-0.39, 0.29) is 17.3 Å². The third kappa shape index (κ3) is 5.59. The number of nitrogens with zero attached hydrogens (tertiary/aromatic N) is 3. The predicted molar refractivity (Wildman–Crippen MR) is 140 cm³/mol. The molecule has 0 fully saturated rings. The second kappa shape index (κ2) is 10.9. The van der Waals surface area contributed by atoms with Crippen LogP contribution < -0.4 is 4.90 Å². The Morgan fingerprint density at radius 3 is 2.40 bits per heavy atom. The first-order valence-corrected chi connectivity index (χ1v) is 14.0. The number of hydrogen-bond acceptors (Lipinski definition) is 6. The van der Waals surface area contributed by atoms with Gasteiger partial charge < -0.3 is 4.42 Å². The number of anilines is 1. The predicted octanol–water partition coefficient (Wildman–Crippen LogP) is 6.20. The van der Waals surface area contributed by atoms with E-state index in [0.29, 0.717) is 34.6 Å². The summed E-state index contributed by atoms with van der Waals surface area (Å²) in [4.78, 5) is 19.9. The minimum Gasteiger partial charge on any atom is -0.467 e. The maximum absolute atomic E-state index is 13.6. The fourth-order valence-electron chi connectivity index (χ4n) is 3.71. The van der Waals surface area contributed by atoms with Gasteiger partial charge in [-0.05, 0) is 67.4 Å². The second-order valence-corrected chi connectivity index (χ2v) is 11.4. The number of fused-ring (bicyclic) bond motifs is 1. The molecule has 0 spiro atoms. The Hall–Kier alpha value is -2.72. The van der Waals surface area contributed by atoms with Crippen molar-refractivity contribution in [2.45, 2.75) is 38.1 Å². The average Bonchev–Trinajstić information content (AvgIpc) is 3.51. The summed E-state index contributed by atoms with van der Waals surface area (Å²) < 4.78 is 34.0. The van der Waals surface area contributed by atoms with Crippen LogP contribution in [0.1, 0.15) is 42.8 Å². The Morgan fingerprint density at radius 2 is 1.77 bits per heavy atom. The number of thiazole rings is 1. The molecule has 2 aromatic carbocycles. The van der Waals surface area contributed by atoms with Crippen molar-refractivity contribution in [3.63, 3.8) is 0 Å². The Kier molecular flexibility index (Phi) is 7.91. The monoisotopic (exact) mass is 531 g/mol. The van der Waals surface area contributed by atoms with Crippen molar-refractivity contribution < 1.29 is 17.6 Å². The summed E-state index contributed by atoms with van der Waals surface area (Å²) in [6.45, 7) is 4.98. The van der Waals surface area contributed by atoms with Crippen LogP contribution >= 0.6 is 22.9 Å². The lowest BCUT2D eigenvalue weighted by Crippen LogP contribution is -2.33. The number of halogens is 1. The summed E-state index contributed by atoms with van der Waals surface area (Å²) in [6.07, 6.45) is 3.00. The lowest BCUT2D eigenvalue weighted by molar-refractivity contribution is 0.0983. The molecule has 7 nitrogen and oxygen atoms in total. The van der Waals surface area contributed by atoms with Gasteiger partial charge in [0.15, 0.2) is 5.13 Å². The maximum Gasteiger partial charge on any atom is 0.260 e. The van der Waals surface area contributed by atoms with E-state index < -0.39 is 10.0 Å². The number of amides is 1. The van der Waals surface area contributed by atoms with Crippen LogP contribution in [0.2, 0.25) is 5.02 Å². The maximum atomic E-state index is 13.6. The number of carbonyl (C=O) groups excluding carboxylic acids is 1. The molecule has 0 aliphatic rings. The summed E-state index contributed by atoms with van der Waals surface area (Å²) in [7, 11) is -3.63. The molecule has 0 aliphatic carbocycles. The molecule has 0 saturated heterocycles. The minimum absolute atomic E-state index is 0.170. The lowest BCUT2D eigenvalue weighted by atomic mass is 10.2. The number of sulfonamides is 1. The van der Waals surface area contributed by atoms with Crippen molar-refractivity contribution in [1.82, 2.24) is 9.29 Å². The van der Waals surface area contributed by atoms with E-state index in [0.717, 1.165) is 23.1 Å². The molecule has 4 aromatic rings. The highest BCUT2D eigenvalue weighted by molar-refractivity contribution is 7.89. The van der Waals surface area contributed by atoms with Crippen molar-refractivity contribution in [3.8, 4) is 0 Å². The van der Waals surface area contributed by atoms with E-state index >= 15 is 0 Å². The van der Waals surface area contributed by atoms with Gasteiger partial charge in [-0.15, -0.1) is 0 Å². The van der Waals surface area contributed by atoms with Crippen molar-refractivity contribution in [2.75, 3.05) is 18.0 Å². The zero-order valence-corrected chi connectivity index (χ0v) is 21.9. The molecular formula is C25H26ClN3O4S2. The molecule has 0 radical (unpaired) electrons. The summed E-state index contributed by atoms with van der Waals surface area (Å²) in [5.74, 6) is 0.291. The summed E-state index contributed by atoms with van der Waals surface area (Å²) >= 11 is 7.48. The van der Waals surface area contributed by atoms with Crippen molar-refractivity contribution in [3.05, 3.63) is 77.2 Å². The van der Waals surface area contributed by atoms with Crippen molar-refractivity contribution in [1.29, 1.82) is 0 Å². The number of benzene rings is 2.